The molecule has 8 rings (SSSR count). The summed E-state index contributed by atoms with van der Waals surface area (Å²) in [4.78, 5) is 12.0. The Morgan fingerprint density at radius 1 is 0.475 bits per heavy atom. The van der Waals surface area contributed by atoms with Crippen molar-refractivity contribution in [3.05, 3.63) is 189 Å². The minimum absolute atomic E-state index is 0. The third-order valence-electron chi connectivity index (χ3n) is 15.8. The van der Waals surface area contributed by atoms with Crippen LogP contribution in [0.2, 0.25) is 15.1 Å². The van der Waals surface area contributed by atoms with Gasteiger partial charge in [-0.05, 0) is 77.8 Å². The Hall–Kier alpha value is -3.70. The number of aliphatic hydroxyl groups is 2. The predicted molar refractivity (Wildman–Crippen MR) is 340 cm³/mol. The van der Waals surface area contributed by atoms with Gasteiger partial charge >= 0.3 is 29.0 Å². The second kappa shape index (κ2) is 31.3. The van der Waals surface area contributed by atoms with E-state index in [0.717, 1.165) is 42.5 Å². The van der Waals surface area contributed by atoms with Gasteiger partial charge in [0.25, 0.3) is 25.0 Å². The van der Waals surface area contributed by atoms with Crippen molar-refractivity contribution in [2.24, 2.45) is 11.8 Å². The molecule has 4 atom stereocenters. The van der Waals surface area contributed by atoms with Crippen LogP contribution in [-0.2, 0) is 22.8 Å². The van der Waals surface area contributed by atoms with E-state index >= 15 is 0 Å². The standard InChI is InChI=1S/2C22H30O2Si.C20H26O3Si.C4H9.ClH.Mg/c2*1-5-18-16-22(18,23)17-24-25(21(2,3)4,19-12-8-6-9-13-19)20-14-10-7-11-15-20;1-5-22-19(21)16-23-24(20(2,3)4,17-12-8-6-9-13-17)18-14-10-7-11-15-18;1-3-4-2;;/h2*6-15,18,23H,5,16-17H2,1-4H3;6-15H,5,16H2,1-4H3;1,3-4H2,2H3;1H;/q;;;-1;;+2/p-1. The van der Waals surface area contributed by atoms with E-state index in [4.69, 9.17) is 18.0 Å². The maximum Gasteiger partial charge on any atom is 2.00 e. The monoisotopic (exact) mass is 1170 g/mol. The van der Waals surface area contributed by atoms with Crippen LogP contribution in [0.4, 0.5) is 0 Å². The van der Waals surface area contributed by atoms with Gasteiger partial charge in [-0.25, -0.2) is 4.79 Å². The number of unbranched alkanes of at least 4 members (excludes halogenated alkanes) is 1. The zero-order valence-corrected chi connectivity index (χ0v) is 55.9. The first-order valence-corrected chi connectivity index (χ1v) is 34.4. The molecule has 4 unspecified atom stereocenters. The molecule has 7 nitrogen and oxygen atoms in total. The van der Waals surface area contributed by atoms with E-state index in [9.17, 15) is 15.0 Å². The zero-order valence-electron chi connectivity index (χ0n) is 50.8. The fourth-order valence-corrected chi connectivity index (χ4v) is 25.0. The van der Waals surface area contributed by atoms with Crippen molar-refractivity contribution >= 4 is 85.1 Å². The Bertz CT molecular complexity index is 2430. The summed E-state index contributed by atoms with van der Waals surface area (Å²) in [5, 5.41) is 28.8. The van der Waals surface area contributed by atoms with Crippen LogP contribution in [0.5, 0.6) is 0 Å². The van der Waals surface area contributed by atoms with Crippen LogP contribution in [0.1, 0.15) is 129 Å². The number of hydrogen-bond acceptors (Lipinski definition) is 7. The molecule has 0 aliphatic heterocycles. The smallest absolute Gasteiger partial charge is 1.00 e. The quantitative estimate of drug-likeness (QED) is 0.0476. The van der Waals surface area contributed by atoms with Gasteiger partial charge in [0.15, 0.2) is 0 Å². The molecule has 6 aromatic rings. The van der Waals surface area contributed by atoms with Crippen molar-refractivity contribution in [1.82, 2.24) is 0 Å². The average molecular weight is 1170 g/mol. The van der Waals surface area contributed by atoms with Gasteiger partial charge in [-0.1, -0.05) is 284 Å². The first-order chi connectivity index (χ1) is 37.0. The normalized spacial score (nSPS) is 18.6. The van der Waals surface area contributed by atoms with Gasteiger partial charge in [-0.3, -0.25) is 0 Å². The minimum atomic E-state index is -2.64. The molecule has 12 heteroatoms. The topological polar surface area (TPSA) is 94.5 Å². The summed E-state index contributed by atoms with van der Waals surface area (Å²) in [6, 6.07) is 63.0. The molecule has 2 N–H and O–H groups in total. The van der Waals surface area contributed by atoms with Crippen LogP contribution in [0.25, 0.3) is 0 Å². The summed E-state index contributed by atoms with van der Waals surface area (Å²) in [7, 11) is -7.68. The third-order valence-corrected chi connectivity index (χ3v) is 30.7. The largest absolute Gasteiger partial charge is 2.00 e. The molecule has 2 aliphatic rings. The van der Waals surface area contributed by atoms with Crippen LogP contribution < -0.4 is 43.5 Å². The molecule has 2 aliphatic carbocycles. The second-order valence-corrected chi connectivity index (χ2v) is 37.3. The first kappa shape index (κ1) is 70.6. The van der Waals surface area contributed by atoms with E-state index in [-0.39, 0.29) is 63.2 Å². The molecule has 6 aromatic carbocycles. The maximum atomic E-state index is 12.0. The summed E-state index contributed by atoms with van der Waals surface area (Å²) < 4.78 is 25.2. The van der Waals surface area contributed by atoms with Gasteiger partial charge in [-0.2, -0.15) is 6.42 Å². The van der Waals surface area contributed by atoms with E-state index in [0.29, 0.717) is 31.7 Å². The van der Waals surface area contributed by atoms with Gasteiger partial charge in [0.1, 0.15) is 6.61 Å². The summed E-state index contributed by atoms with van der Waals surface area (Å²) in [5.41, 5.74) is -1.27. The van der Waals surface area contributed by atoms with Gasteiger partial charge in [0.2, 0.25) is 0 Å². The summed E-state index contributed by atoms with van der Waals surface area (Å²) in [6.07, 6.45) is 6.03. The van der Waals surface area contributed by atoms with Gasteiger partial charge in [0, 0.05) is 0 Å². The molecule has 0 heterocycles. The number of rotatable bonds is 19. The molecule has 0 aromatic heterocycles. The van der Waals surface area contributed by atoms with E-state index in [1.54, 1.807) is 6.92 Å². The molecule has 0 bridgehead atoms. The van der Waals surface area contributed by atoms with Crippen LogP contribution in [0.15, 0.2) is 182 Å². The van der Waals surface area contributed by atoms with E-state index < -0.39 is 36.2 Å². The molecule has 2 saturated carbocycles. The SMILES string of the molecule is CCC1CC1(O)CO[Si](c1ccccc1)(c1ccccc1)C(C)(C)C.CCC1CC1(O)CO[Si](c1ccccc1)(c1ccccc1)C(C)(C)C.CCOC(=O)CO[Si](c1ccccc1)(c1ccccc1)C(C)(C)C.[CH2-]CCC.[Cl-].[Mg+2]. The Balaban J connectivity index is 0.000000301. The Labute approximate surface area is 509 Å². The van der Waals surface area contributed by atoms with Crippen LogP contribution in [0.3, 0.4) is 0 Å². The Morgan fingerprint density at radius 3 is 0.875 bits per heavy atom. The van der Waals surface area contributed by atoms with Crippen molar-refractivity contribution in [2.75, 3.05) is 26.4 Å². The number of esters is 1. The average Bonchev–Trinajstić information content (AvgIpc) is 4.32. The first-order valence-electron chi connectivity index (χ1n) is 28.6. The van der Waals surface area contributed by atoms with Gasteiger partial charge < -0.3 is 47.6 Å². The number of carbonyl (C=O) groups is 1. The van der Waals surface area contributed by atoms with E-state index in [1.807, 2.05) is 36.4 Å². The minimum Gasteiger partial charge on any atom is -1.00 e. The zero-order chi connectivity index (χ0) is 57.3. The van der Waals surface area contributed by atoms with Crippen molar-refractivity contribution in [3.63, 3.8) is 0 Å². The Kier molecular flexibility index (Phi) is 27.6. The van der Waals surface area contributed by atoms with Crippen molar-refractivity contribution in [3.8, 4) is 0 Å². The molecule has 430 valence electrons. The number of hydrogen-bond donors (Lipinski definition) is 2. The molecule has 0 spiro atoms. The fraction of sp³-hybridized carbons (Fsp3) is 0.441. The molecule has 2 fully saturated rings. The molecule has 0 saturated heterocycles. The van der Waals surface area contributed by atoms with E-state index in [1.165, 1.54) is 27.2 Å². The number of carbonyl (C=O) groups excluding carboxylic acids is 1. The summed E-state index contributed by atoms with van der Waals surface area (Å²) >= 11 is 0. The van der Waals surface area contributed by atoms with E-state index in [2.05, 4.69) is 236 Å². The summed E-state index contributed by atoms with van der Waals surface area (Å²) in [5.74, 6) is 0.446. The molecule has 0 amide bonds. The number of ether oxygens (including phenoxy) is 1. The van der Waals surface area contributed by atoms with Crippen LogP contribution in [0, 0.1) is 18.8 Å². The van der Waals surface area contributed by atoms with Gasteiger partial charge in [0.05, 0.1) is 31.0 Å². The Morgan fingerprint density at radius 2 is 0.700 bits per heavy atom. The maximum absolute atomic E-state index is 12.0. The fourth-order valence-electron chi connectivity index (χ4n) is 11.3. The number of benzene rings is 6. The van der Waals surface area contributed by atoms with Crippen LogP contribution >= 0.6 is 0 Å². The van der Waals surface area contributed by atoms with Crippen molar-refractivity contribution in [2.45, 2.75) is 155 Å². The molecular formula is C68H95ClMgO7Si3. The predicted octanol–water partition coefficient (Wildman–Crippen LogP) is 8.82. The summed E-state index contributed by atoms with van der Waals surface area (Å²) in [6.45, 7) is 33.2. The van der Waals surface area contributed by atoms with Crippen LogP contribution in [-0.4, -0.2) is 102 Å². The molecule has 0 radical (unpaired) electrons. The van der Waals surface area contributed by atoms with Gasteiger partial charge in [-0.15, -0.1) is 0 Å². The molecule has 80 heavy (non-hydrogen) atoms. The third kappa shape index (κ3) is 17.0. The van der Waals surface area contributed by atoms with Crippen molar-refractivity contribution < 1.29 is 45.4 Å². The van der Waals surface area contributed by atoms with Crippen molar-refractivity contribution in [1.29, 1.82) is 0 Å². The number of halogens is 1. The second-order valence-electron chi connectivity index (χ2n) is 24.3. The molecular weight excluding hydrogens is 1070 g/mol.